The number of hydrogen-bond donors (Lipinski definition) is 1. The van der Waals surface area contributed by atoms with Gasteiger partial charge in [-0.05, 0) is 6.42 Å². The number of carboxylic acids is 1. The van der Waals surface area contributed by atoms with Crippen molar-refractivity contribution < 1.29 is 14.7 Å². The first-order chi connectivity index (χ1) is 8.10. The summed E-state index contributed by atoms with van der Waals surface area (Å²) in [4.78, 5) is 28.4. The summed E-state index contributed by atoms with van der Waals surface area (Å²) in [5, 5.41) is 11.7. The number of aryl methyl sites for hydroxylation is 1. The second-order valence-corrected chi connectivity index (χ2v) is 5.04. The van der Waals surface area contributed by atoms with Gasteiger partial charge in [-0.15, -0.1) is 11.3 Å². The standard InChI is InChI=1S/C11H14N2O3S/c1-2-8-6-17-9(12-8)5-13-4-7(11(15)16)3-10(13)14/h6-7H,2-5H2,1H3,(H,15,16)/t7-/m1/s1. The topological polar surface area (TPSA) is 70.5 Å². The van der Waals surface area contributed by atoms with Crippen LogP contribution in [0.2, 0.25) is 0 Å². The van der Waals surface area contributed by atoms with Crippen LogP contribution in [0.1, 0.15) is 24.0 Å². The van der Waals surface area contributed by atoms with Crippen LogP contribution in [0, 0.1) is 5.92 Å². The van der Waals surface area contributed by atoms with Crippen LogP contribution in [-0.2, 0) is 22.6 Å². The molecule has 0 aromatic carbocycles. The maximum atomic E-state index is 11.6. The number of hydrogen-bond acceptors (Lipinski definition) is 4. The summed E-state index contributed by atoms with van der Waals surface area (Å²) in [7, 11) is 0. The van der Waals surface area contributed by atoms with Crippen molar-refractivity contribution in [2.24, 2.45) is 5.92 Å². The van der Waals surface area contributed by atoms with Crippen molar-refractivity contribution in [3.63, 3.8) is 0 Å². The van der Waals surface area contributed by atoms with Crippen molar-refractivity contribution >= 4 is 23.2 Å². The second kappa shape index (κ2) is 4.83. The van der Waals surface area contributed by atoms with E-state index in [0.29, 0.717) is 13.1 Å². The zero-order valence-electron chi connectivity index (χ0n) is 9.55. The smallest absolute Gasteiger partial charge is 0.308 e. The van der Waals surface area contributed by atoms with E-state index in [-0.39, 0.29) is 12.3 Å². The molecule has 1 N–H and O–H groups in total. The Hall–Kier alpha value is -1.43. The van der Waals surface area contributed by atoms with E-state index in [9.17, 15) is 9.59 Å². The Morgan fingerprint density at radius 3 is 3.00 bits per heavy atom. The van der Waals surface area contributed by atoms with E-state index < -0.39 is 11.9 Å². The van der Waals surface area contributed by atoms with Gasteiger partial charge in [-0.2, -0.15) is 0 Å². The van der Waals surface area contributed by atoms with Gasteiger partial charge in [0.1, 0.15) is 5.01 Å². The first kappa shape index (κ1) is 12.0. The molecular weight excluding hydrogens is 240 g/mol. The Morgan fingerprint density at radius 1 is 1.71 bits per heavy atom. The maximum Gasteiger partial charge on any atom is 0.308 e. The predicted octanol–water partition coefficient (Wildman–Crippen LogP) is 1.14. The molecule has 1 aromatic heterocycles. The van der Waals surface area contributed by atoms with Gasteiger partial charge in [0.05, 0.1) is 18.2 Å². The number of carbonyl (C=O) groups excluding carboxylic acids is 1. The monoisotopic (exact) mass is 254 g/mol. The fourth-order valence-corrected chi connectivity index (χ4v) is 2.73. The van der Waals surface area contributed by atoms with Gasteiger partial charge in [0.25, 0.3) is 0 Å². The van der Waals surface area contributed by atoms with Crippen molar-refractivity contribution in [2.45, 2.75) is 26.3 Å². The average molecular weight is 254 g/mol. The van der Waals surface area contributed by atoms with Crippen molar-refractivity contribution in [1.82, 2.24) is 9.88 Å². The van der Waals surface area contributed by atoms with Gasteiger partial charge in [0, 0.05) is 18.3 Å². The molecule has 1 aromatic rings. The third-order valence-corrected chi connectivity index (χ3v) is 3.73. The summed E-state index contributed by atoms with van der Waals surface area (Å²) in [6, 6.07) is 0. The molecule has 0 saturated carbocycles. The van der Waals surface area contributed by atoms with Gasteiger partial charge in [-0.3, -0.25) is 9.59 Å². The lowest BCUT2D eigenvalue weighted by atomic mass is 10.1. The van der Waals surface area contributed by atoms with Crippen LogP contribution in [-0.4, -0.2) is 33.4 Å². The van der Waals surface area contributed by atoms with Crippen LogP contribution in [0.3, 0.4) is 0 Å². The SMILES string of the molecule is CCc1csc(CN2C[C@H](C(=O)O)CC2=O)n1. The molecule has 0 radical (unpaired) electrons. The Morgan fingerprint density at radius 2 is 2.47 bits per heavy atom. The number of nitrogens with zero attached hydrogens (tertiary/aromatic N) is 2. The third kappa shape index (κ3) is 2.63. The molecule has 1 atom stereocenters. The normalized spacial score (nSPS) is 19.9. The lowest BCUT2D eigenvalue weighted by Gasteiger charge is -2.13. The van der Waals surface area contributed by atoms with E-state index in [1.807, 2.05) is 12.3 Å². The van der Waals surface area contributed by atoms with Crippen LogP contribution in [0.4, 0.5) is 0 Å². The number of carbonyl (C=O) groups is 2. The summed E-state index contributed by atoms with van der Waals surface area (Å²) >= 11 is 1.52. The molecule has 1 saturated heterocycles. The average Bonchev–Trinajstić information content (AvgIpc) is 2.87. The molecule has 0 aliphatic carbocycles. The van der Waals surface area contributed by atoms with E-state index >= 15 is 0 Å². The highest BCUT2D eigenvalue weighted by molar-refractivity contribution is 7.09. The predicted molar refractivity (Wildman–Crippen MR) is 62.7 cm³/mol. The van der Waals surface area contributed by atoms with Crippen molar-refractivity contribution in [1.29, 1.82) is 0 Å². The first-order valence-electron chi connectivity index (χ1n) is 5.54. The number of rotatable bonds is 4. The quantitative estimate of drug-likeness (QED) is 0.874. The van der Waals surface area contributed by atoms with Gasteiger partial charge in [0.15, 0.2) is 0 Å². The van der Waals surface area contributed by atoms with Crippen LogP contribution >= 0.6 is 11.3 Å². The highest BCUT2D eigenvalue weighted by Gasteiger charge is 2.34. The van der Waals surface area contributed by atoms with E-state index in [0.717, 1.165) is 17.1 Å². The van der Waals surface area contributed by atoms with Gasteiger partial charge >= 0.3 is 5.97 Å². The summed E-state index contributed by atoms with van der Waals surface area (Å²) < 4.78 is 0. The summed E-state index contributed by atoms with van der Waals surface area (Å²) in [6.45, 7) is 2.77. The molecule has 1 fully saturated rings. The first-order valence-corrected chi connectivity index (χ1v) is 6.42. The van der Waals surface area contributed by atoms with Crippen molar-refractivity contribution in [3.05, 3.63) is 16.1 Å². The van der Waals surface area contributed by atoms with Crippen LogP contribution < -0.4 is 0 Å². The highest BCUT2D eigenvalue weighted by Crippen LogP contribution is 2.21. The molecular formula is C11H14N2O3S. The third-order valence-electron chi connectivity index (χ3n) is 2.85. The Kier molecular flexibility index (Phi) is 3.42. The van der Waals surface area contributed by atoms with E-state index in [2.05, 4.69) is 4.98 Å². The van der Waals surface area contributed by atoms with Gasteiger partial charge in [-0.25, -0.2) is 4.98 Å². The van der Waals surface area contributed by atoms with E-state index in [4.69, 9.17) is 5.11 Å². The molecule has 1 aliphatic heterocycles. The molecule has 5 nitrogen and oxygen atoms in total. The van der Waals surface area contributed by atoms with Crippen molar-refractivity contribution in [3.8, 4) is 0 Å². The molecule has 0 bridgehead atoms. The number of aliphatic carboxylic acids is 1. The molecule has 17 heavy (non-hydrogen) atoms. The zero-order valence-corrected chi connectivity index (χ0v) is 10.4. The fraction of sp³-hybridized carbons (Fsp3) is 0.545. The van der Waals surface area contributed by atoms with E-state index in [1.54, 1.807) is 4.90 Å². The molecule has 2 heterocycles. The molecule has 0 spiro atoms. The van der Waals surface area contributed by atoms with Gasteiger partial charge in [-0.1, -0.05) is 6.92 Å². The highest BCUT2D eigenvalue weighted by atomic mass is 32.1. The molecule has 1 amide bonds. The van der Waals surface area contributed by atoms with E-state index in [1.165, 1.54) is 11.3 Å². The summed E-state index contributed by atoms with van der Waals surface area (Å²) in [6.07, 6.45) is 0.990. The van der Waals surface area contributed by atoms with Crippen LogP contribution in [0.25, 0.3) is 0 Å². The molecule has 1 aliphatic rings. The van der Waals surface area contributed by atoms with Gasteiger partial charge < -0.3 is 10.0 Å². The largest absolute Gasteiger partial charge is 0.481 e. The number of likely N-dealkylation sites (tertiary alicyclic amines) is 1. The lowest BCUT2D eigenvalue weighted by Crippen LogP contribution is -2.25. The molecule has 92 valence electrons. The maximum absolute atomic E-state index is 11.6. The fourth-order valence-electron chi connectivity index (χ4n) is 1.84. The minimum atomic E-state index is -0.894. The number of amides is 1. The second-order valence-electron chi connectivity index (χ2n) is 4.10. The molecule has 0 unspecified atom stereocenters. The Labute approximate surface area is 103 Å². The summed E-state index contributed by atoms with van der Waals surface area (Å²) in [5.74, 6) is -1.55. The lowest BCUT2D eigenvalue weighted by molar-refractivity contribution is -0.141. The number of aromatic nitrogens is 1. The Bertz CT molecular complexity index is 444. The number of carboxylic acid groups (broad SMARTS) is 1. The van der Waals surface area contributed by atoms with Crippen LogP contribution in [0.15, 0.2) is 5.38 Å². The minimum absolute atomic E-state index is 0.0920. The minimum Gasteiger partial charge on any atom is -0.481 e. The van der Waals surface area contributed by atoms with Gasteiger partial charge in [0.2, 0.25) is 5.91 Å². The Balaban J connectivity index is 2.00. The van der Waals surface area contributed by atoms with Crippen molar-refractivity contribution in [2.75, 3.05) is 6.54 Å². The number of thiazole rings is 1. The molecule has 2 rings (SSSR count). The molecule has 6 heteroatoms. The van der Waals surface area contributed by atoms with Crippen LogP contribution in [0.5, 0.6) is 0 Å². The summed E-state index contributed by atoms with van der Waals surface area (Å²) in [5.41, 5.74) is 1.02. The zero-order chi connectivity index (χ0) is 12.4.